The Kier molecular flexibility index (Phi) is 4.89. The highest BCUT2D eigenvalue weighted by molar-refractivity contribution is 6.33. The van der Waals surface area contributed by atoms with Crippen molar-refractivity contribution in [3.8, 4) is 5.75 Å². The lowest BCUT2D eigenvalue weighted by molar-refractivity contribution is -0.130. The maximum Gasteiger partial charge on any atom is 0.400 e. The van der Waals surface area contributed by atoms with Crippen molar-refractivity contribution in [1.82, 2.24) is 0 Å². The Morgan fingerprint density at radius 2 is 2.16 bits per heavy atom. The average molecular weight is 290 g/mol. The molecule has 1 amide bonds. The number of hydrogen-bond donors (Lipinski definition) is 1. The van der Waals surface area contributed by atoms with Crippen LogP contribution in [-0.4, -0.2) is 17.4 Å². The van der Waals surface area contributed by atoms with Crippen LogP contribution in [0.25, 0.3) is 6.08 Å². The highest BCUT2D eigenvalue weighted by Gasteiger charge is 2.35. The van der Waals surface area contributed by atoms with E-state index in [0.717, 1.165) is 0 Å². The Morgan fingerprint density at radius 3 is 2.63 bits per heavy atom. The fraction of sp³-hybridized carbons (Fsp3) is 0.308. The molecule has 3 nitrogen and oxygen atoms in total. The predicted molar refractivity (Wildman–Crippen MR) is 71.7 cm³/mol. The third-order valence-corrected chi connectivity index (χ3v) is 2.28. The summed E-state index contributed by atoms with van der Waals surface area (Å²) in [4.78, 5) is 11.0. The molecule has 0 fully saturated rings. The Bertz CT molecular complexity index is 484. The molecule has 0 heterocycles. The molecule has 104 valence electrons. The zero-order valence-corrected chi connectivity index (χ0v) is 11.3. The quantitative estimate of drug-likeness (QED) is 0.835. The molecule has 6 heteroatoms. The minimum absolute atomic E-state index is 0.0358. The van der Waals surface area contributed by atoms with E-state index in [0.29, 0.717) is 11.3 Å². The van der Waals surface area contributed by atoms with Gasteiger partial charge in [0.05, 0.1) is 6.10 Å². The van der Waals surface area contributed by atoms with E-state index in [9.17, 15) is 13.6 Å². The number of halogens is 3. The lowest BCUT2D eigenvalue weighted by atomic mass is 10.1. The number of alkyl halides is 3. The van der Waals surface area contributed by atoms with Crippen molar-refractivity contribution in [2.45, 2.75) is 25.3 Å². The molecular weight excluding hydrogens is 276 g/mol. The maximum atomic E-state index is 12.5. The number of ether oxygens (including phenoxy) is 1. The van der Waals surface area contributed by atoms with E-state index < -0.39 is 11.3 Å². The van der Waals surface area contributed by atoms with E-state index in [2.05, 4.69) is 18.2 Å². The van der Waals surface area contributed by atoms with Crippen molar-refractivity contribution in [1.29, 1.82) is 0 Å². The molecule has 0 aliphatic carbocycles. The van der Waals surface area contributed by atoms with Crippen LogP contribution >= 0.6 is 11.6 Å². The summed E-state index contributed by atoms with van der Waals surface area (Å²) in [5.74, 6) is -1.03. The van der Waals surface area contributed by atoms with Gasteiger partial charge in [0.2, 0.25) is 0 Å². The first-order valence-electron chi connectivity index (χ1n) is 5.55. The topological polar surface area (TPSA) is 38.3 Å². The minimum atomic E-state index is -3.94. The summed E-state index contributed by atoms with van der Waals surface area (Å²) >= 11 is 4.62. The van der Waals surface area contributed by atoms with Crippen LogP contribution in [0.5, 0.6) is 5.75 Å². The lowest BCUT2D eigenvalue weighted by Crippen LogP contribution is -2.28. The first kappa shape index (κ1) is 15.4. The highest BCUT2D eigenvalue weighted by Crippen LogP contribution is 2.27. The second-order valence-electron chi connectivity index (χ2n) is 4.08. The van der Waals surface area contributed by atoms with Gasteiger partial charge in [-0.1, -0.05) is 12.7 Å². The number of hydrogen-bond acceptors (Lipinski definition) is 2. The summed E-state index contributed by atoms with van der Waals surface area (Å²) in [5.41, 5.74) is 0.778. The van der Waals surface area contributed by atoms with Gasteiger partial charge in [0.25, 0.3) is 0 Å². The second kappa shape index (κ2) is 6.02. The van der Waals surface area contributed by atoms with Gasteiger partial charge in [-0.3, -0.25) is 4.79 Å². The highest BCUT2D eigenvalue weighted by atomic mass is 35.5. The molecule has 0 unspecified atom stereocenters. The van der Waals surface area contributed by atoms with Crippen LogP contribution in [0, 0.1) is 0 Å². The molecule has 1 aromatic carbocycles. The smallest absolute Gasteiger partial charge is 0.400 e. The summed E-state index contributed by atoms with van der Waals surface area (Å²) < 4.78 is 30.6. The molecule has 1 rings (SSSR count). The Labute approximate surface area is 115 Å². The number of rotatable bonds is 5. The molecule has 1 N–H and O–H groups in total. The first-order chi connectivity index (χ1) is 8.74. The third kappa shape index (κ3) is 4.52. The van der Waals surface area contributed by atoms with Gasteiger partial charge in [0.15, 0.2) is 0 Å². The van der Waals surface area contributed by atoms with Gasteiger partial charge < -0.3 is 10.1 Å². The van der Waals surface area contributed by atoms with E-state index >= 15 is 0 Å². The monoisotopic (exact) mass is 289 g/mol. The van der Waals surface area contributed by atoms with Crippen molar-refractivity contribution >= 4 is 29.3 Å². The molecule has 0 atom stereocenters. The predicted octanol–water partition coefficient (Wildman–Crippen LogP) is 3.89. The fourth-order valence-corrected chi connectivity index (χ4v) is 1.40. The average Bonchev–Trinajstić information content (AvgIpc) is 2.29. The number of benzene rings is 1. The standard InChI is InChI=1S/C13H14ClF2NO2/c1-4-9-7-10(17-12(18)13(14,15)16)5-6-11(9)19-8(2)3/h4-8H,1H2,2-3H3,(H,17,18). The van der Waals surface area contributed by atoms with E-state index in [1.54, 1.807) is 6.07 Å². The SMILES string of the molecule is C=Cc1cc(NC(=O)C(F)(F)Cl)ccc1OC(C)C. The van der Waals surface area contributed by atoms with Gasteiger partial charge >= 0.3 is 11.3 Å². The van der Waals surface area contributed by atoms with Gasteiger partial charge in [-0.25, -0.2) is 0 Å². The van der Waals surface area contributed by atoms with Crippen LogP contribution in [0.15, 0.2) is 24.8 Å². The summed E-state index contributed by atoms with van der Waals surface area (Å²) in [5, 5.41) is -1.93. The molecule has 0 radical (unpaired) electrons. The van der Waals surface area contributed by atoms with Crippen LogP contribution in [0.4, 0.5) is 14.5 Å². The van der Waals surface area contributed by atoms with E-state index in [1.165, 1.54) is 18.2 Å². The maximum absolute atomic E-state index is 12.5. The molecule has 0 bridgehead atoms. The van der Waals surface area contributed by atoms with E-state index in [4.69, 9.17) is 4.74 Å². The molecule has 0 aliphatic rings. The van der Waals surface area contributed by atoms with Gasteiger partial charge in [-0.15, -0.1) is 0 Å². The van der Waals surface area contributed by atoms with E-state index in [1.807, 2.05) is 19.2 Å². The zero-order chi connectivity index (χ0) is 14.6. The number of nitrogens with one attached hydrogen (secondary N) is 1. The largest absolute Gasteiger partial charge is 0.490 e. The van der Waals surface area contributed by atoms with Gasteiger partial charge in [0, 0.05) is 11.3 Å². The number of amides is 1. The third-order valence-electron chi connectivity index (χ3n) is 2.11. The van der Waals surface area contributed by atoms with Crippen molar-refractivity contribution in [3.63, 3.8) is 0 Å². The van der Waals surface area contributed by atoms with E-state index in [-0.39, 0.29) is 11.8 Å². The summed E-state index contributed by atoms with van der Waals surface area (Å²) in [6, 6.07) is 4.50. The summed E-state index contributed by atoms with van der Waals surface area (Å²) in [7, 11) is 0. The van der Waals surface area contributed by atoms with Crippen LogP contribution in [0.2, 0.25) is 0 Å². The molecule has 0 saturated carbocycles. The molecular formula is C13H14ClF2NO2. The fourth-order valence-electron chi connectivity index (χ4n) is 1.35. The summed E-state index contributed by atoms with van der Waals surface area (Å²) in [6.07, 6.45) is 1.47. The molecule has 0 aliphatic heterocycles. The molecule has 19 heavy (non-hydrogen) atoms. The van der Waals surface area contributed by atoms with Crippen LogP contribution < -0.4 is 10.1 Å². The zero-order valence-electron chi connectivity index (χ0n) is 10.5. The molecule has 0 saturated heterocycles. The van der Waals surface area contributed by atoms with Crippen molar-refractivity contribution in [2.75, 3.05) is 5.32 Å². The first-order valence-corrected chi connectivity index (χ1v) is 5.93. The minimum Gasteiger partial charge on any atom is -0.490 e. The number of carbonyl (C=O) groups is 1. The van der Waals surface area contributed by atoms with Crippen LogP contribution in [0.3, 0.4) is 0 Å². The van der Waals surface area contributed by atoms with Crippen molar-refractivity contribution in [2.24, 2.45) is 0 Å². The second-order valence-corrected chi connectivity index (χ2v) is 4.55. The Morgan fingerprint density at radius 1 is 1.53 bits per heavy atom. The lowest BCUT2D eigenvalue weighted by Gasteiger charge is -2.14. The molecule has 0 spiro atoms. The van der Waals surface area contributed by atoms with Gasteiger partial charge in [-0.05, 0) is 43.6 Å². The Balaban J connectivity index is 2.94. The van der Waals surface area contributed by atoms with Crippen LogP contribution in [0.1, 0.15) is 19.4 Å². The molecule has 1 aromatic rings. The van der Waals surface area contributed by atoms with Crippen LogP contribution in [-0.2, 0) is 4.79 Å². The van der Waals surface area contributed by atoms with Gasteiger partial charge in [0.1, 0.15) is 5.75 Å². The number of carbonyl (C=O) groups excluding carboxylic acids is 1. The molecule has 0 aromatic heterocycles. The Hall–Kier alpha value is -1.62. The van der Waals surface area contributed by atoms with Crippen molar-refractivity contribution in [3.05, 3.63) is 30.3 Å². The normalized spacial score (nSPS) is 11.3. The van der Waals surface area contributed by atoms with Crippen molar-refractivity contribution < 1.29 is 18.3 Å². The number of anilines is 1. The summed E-state index contributed by atoms with van der Waals surface area (Å²) in [6.45, 7) is 7.32. The van der Waals surface area contributed by atoms with Gasteiger partial charge in [-0.2, -0.15) is 8.78 Å².